The monoisotopic (exact) mass is 382 g/mol. The fourth-order valence-corrected chi connectivity index (χ4v) is 3.61. The molecule has 0 saturated carbocycles. The highest BCUT2D eigenvalue weighted by atomic mass is 32.2. The van der Waals surface area contributed by atoms with Gasteiger partial charge in [-0.3, -0.25) is 4.55 Å². The molecule has 0 bridgehead atoms. The van der Waals surface area contributed by atoms with Gasteiger partial charge in [-0.2, -0.15) is 8.42 Å². The van der Waals surface area contributed by atoms with Crippen molar-refractivity contribution in [3.05, 3.63) is 83.0 Å². The lowest BCUT2D eigenvalue weighted by Gasteiger charge is -2.17. The molecule has 27 heavy (non-hydrogen) atoms. The van der Waals surface area contributed by atoms with Crippen LogP contribution in [0.4, 0.5) is 5.69 Å². The summed E-state index contributed by atoms with van der Waals surface area (Å²) in [5.74, 6) is -0.0949. The number of benzene rings is 2. The molecule has 7 heteroatoms. The van der Waals surface area contributed by atoms with Gasteiger partial charge in [0.15, 0.2) is 0 Å². The average Bonchev–Trinajstić information content (AvgIpc) is 2.60. The zero-order valence-electron chi connectivity index (χ0n) is 14.5. The van der Waals surface area contributed by atoms with E-state index in [0.717, 1.165) is 0 Å². The van der Waals surface area contributed by atoms with Crippen molar-refractivity contribution in [3.63, 3.8) is 0 Å². The number of anilines is 1. The Morgan fingerprint density at radius 1 is 1.04 bits per heavy atom. The number of rotatable bonds is 3. The maximum atomic E-state index is 12.0. The Bertz CT molecular complexity index is 1110. The number of allylic oxidation sites excluding steroid dienone is 5. The van der Waals surface area contributed by atoms with Crippen molar-refractivity contribution in [3.8, 4) is 5.75 Å². The van der Waals surface area contributed by atoms with Crippen LogP contribution in [0.1, 0.15) is 16.7 Å². The highest BCUT2D eigenvalue weighted by Gasteiger charge is 2.23. The molecule has 0 fully saturated rings. The van der Waals surface area contributed by atoms with E-state index in [0.29, 0.717) is 33.7 Å². The van der Waals surface area contributed by atoms with Crippen molar-refractivity contribution in [2.75, 3.05) is 5.73 Å². The normalized spacial score (nSPS) is 13.9. The molecule has 2 aromatic carbocycles. The largest absolute Gasteiger partial charge is 0.508 e. The summed E-state index contributed by atoms with van der Waals surface area (Å²) >= 11 is 0. The first-order valence-corrected chi connectivity index (χ1v) is 9.47. The van der Waals surface area contributed by atoms with Crippen molar-refractivity contribution in [1.82, 2.24) is 0 Å². The third-order valence-electron chi connectivity index (χ3n) is 4.22. The van der Waals surface area contributed by atoms with Crippen LogP contribution in [0.15, 0.2) is 71.2 Å². The van der Waals surface area contributed by atoms with E-state index in [1.165, 1.54) is 12.1 Å². The van der Waals surface area contributed by atoms with E-state index in [4.69, 9.17) is 11.1 Å². The molecule has 0 radical (unpaired) electrons. The van der Waals surface area contributed by atoms with Gasteiger partial charge in [0.2, 0.25) is 0 Å². The highest BCUT2D eigenvalue weighted by molar-refractivity contribution is 7.86. The SMILES string of the molecule is Cc1cc(S(=O)(=O)O)c(C(=C2C=CC(=N)C=C2)c2ccc(N)cc2)cc1O. The second kappa shape index (κ2) is 6.86. The van der Waals surface area contributed by atoms with E-state index < -0.39 is 10.1 Å². The number of nitrogen functional groups attached to an aromatic ring is 1. The van der Waals surface area contributed by atoms with Gasteiger partial charge >= 0.3 is 0 Å². The van der Waals surface area contributed by atoms with E-state index >= 15 is 0 Å². The van der Waals surface area contributed by atoms with E-state index in [9.17, 15) is 18.1 Å². The van der Waals surface area contributed by atoms with Gasteiger partial charge in [-0.25, -0.2) is 0 Å². The number of nitrogens with two attached hydrogens (primary N) is 1. The van der Waals surface area contributed by atoms with Gasteiger partial charge in [0.1, 0.15) is 10.6 Å². The molecular formula is C20H18N2O4S. The number of aromatic hydroxyl groups is 1. The zero-order chi connectivity index (χ0) is 19.8. The Hall–Kier alpha value is -3.16. The summed E-state index contributed by atoms with van der Waals surface area (Å²) in [4.78, 5) is -0.306. The van der Waals surface area contributed by atoms with Crippen molar-refractivity contribution in [1.29, 1.82) is 5.41 Å². The molecule has 2 aromatic rings. The summed E-state index contributed by atoms with van der Waals surface area (Å²) in [5.41, 5.74) is 8.84. The molecule has 0 amide bonds. The highest BCUT2D eigenvalue weighted by Crippen LogP contribution is 2.37. The Morgan fingerprint density at radius 2 is 1.63 bits per heavy atom. The average molecular weight is 382 g/mol. The lowest BCUT2D eigenvalue weighted by atomic mass is 9.90. The van der Waals surface area contributed by atoms with Crippen LogP contribution >= 0.6 is 0 Å². The van der Waals surface area contributed by atoms with E-state index in [2.05, 4.69) is 0 Å². The smallest absolute Gasteiger partial charge is 0.295 e. The van der Waals surface area contributed by atoms with Gasteiger partial charge in [0.05, 0.1) is 5.71 Å². The van der Waals surface area contributed by atoms with Gasteiger partial charge in [0.25, 0.3) is 10.1 Å². The number of phenolic OH excluding ortho intramolecular Hbond substituents is 1. The van der Waals surface area contributed by atoms with Crippen LogP contribution in [0, 0.1) is 12.3 Å². The number of hydrogen-bond acceptors (Lipinski definition) is 5. The van der Waals surface area contributed by atoms with Crippen LogP contribution in [-0.2, 0) is 10.1 Å². The summed E-state index contributed by atoms with van der Waals surface area (Å²) in [6, 6.07) is 9.35. The molecule has 0 spiro atoms. The Kier molecular flexibility index (Phi) is 4.73. The molecule has 1 aliphatic rings. The van der Waals surface area contributed by atoms with Crippen LogP contribution in [0.5, 0.6) is 5.75 Å². The minimum absolute atomic E-state index is 0.0949. The van der Waals surface area contributed by atoms with Crippen molar-refractivity contribution in [2.45, 2.75) is 11.8 Å². The summed E-state index contributed by atoms with van der Waals surface area (Å²) in [7, 11) is -4.54. The number of hydrogen-bond donors (Lipinski definition) is 4. The summed E-state index contributed by atoms with van der Waals surface area (Å²) < 4.78 is 33.7. The van der Waals surface area contributed by atoms with Crippen molar-refractivity contribution in [2.24, 2.45) is 0 Å². The second-order valence-electron chi connectivity index (χ2n) is 6.18. The zero-order valence-corrected chi connectivity index (χ0v) is 15.3. The molecule has 0 atom stereocenters. The van der Waals surface area contributed by atoms with Gasteiger partial charge in [-0.15, -0.1) is 0 Å². The lowest BCUT2D eigenvalue weighted by molar-refractivity contribution is 0.468. The van der Waals surface area contributed by atoms with E-state index in [1.54, 1.807) is 55.5 Å². The molecule has 0 saturated heterocycles. The quantitative estimate of drug-likeness (QED) is 0.478. The molecule has 3 rings (SSSR count). The van der Waals surface area contributed by atoms with E-state index in [-0.39, 0.29) is 16.2 Å². The first-order chi connectivity index (χ1) is 12.7. The lowest BCUT2D eigenvalue weighted by Crippen LogP contribution is -2.06. The Labute approximate surface area is 157 Å². The number of nitrogens with one attached hydrogen (secondary N) is 1. The molecule has 5 N–H and O–H groups in total. The number of aryl methyl sites for hydroxylation is 1. The Morgan fingerprint density at radius 3 is 2.19 bits per heavy atom. The fraction of sp³-hybridized carbons (Fsp3) is 0.0500. The standard InChI is InChI=1S/C20H18N2O4S/c1-12-10-19(27(24,25)26)17(11-18(12)23)20(13-2-6-15(21)7-3-13)14-4-8-16(22)9-5-14/h2-11,21,23H,22H2,1H3,(H,24,25,26). The summed E-state index contributed by atoms with van der Waals surface area (Å²) in [6.45, 7) is 1.55. The number of phenols is 1. The van der Waals surface area contributed by atoms with Crippen molar-refractivity contribution >= 4 is 27.1 Å². The maximum absolute atomic E-state index is 12.0. The predicted molar refractivity (Wildman–Crippen MR) is 106 cm³/mol. The Balaban J connectivity index is 2.40. The molecule has 6 nitrogen and oxygen atoms in total. The molecule has 138 valence electrons. The molecule has 1 aliphatic carbocycles. The summed E-state index contributed by atoms with van der Waals surface area (Å²) in [5, 5.41) is 17.9. The minimum Gasteiger partial charge on any atom is -0.508 e. The second-order valence-corrected chi connectivity index (χ2v) is 7.57. The third-order valence-corrected chi connectivity index (χ3v) is 5.11. The first-order valence-electron chi connectivity index (χ1n) is 8.03. The predicted octanol–water partition coefficient (Wildman–Crippen LogP) is 3.48. The van der Waals surface area contributed by atoms with Crippen LogP contribution in [0.3, 0.4) is 0 Å². The van der Waals surface area contributed by atoms with Gasteiger partial charge in [-0.05, 0) is 65.6 Å². The minimum atomic E-state index is -4.54. The molecule has 0 heterocycles. The third kappa shape index (κ3) is 3.84. The molecule has 0 unspecified atom stereocenters. The topological polar surface area (TPSA) is 124 Å². The molecule has 0 aliphatic heterocycles. The molecular weight excluding hydrogens is 364 g/mol. The van der Waals surface area contributed by atoms with Gasteiger partial charge < -0.3 is 16.2 Å². The van der Waals surface area contributed by atoms with Crippen molar-refractivity contribution < 1.29 is 18.1 Å². The van der Waals surface area contributed by atoms with E-state index in [1.807, 2.05) is 0 Å². The maximum Gasteiger partial charge on any atom is 0.295 e. The van der Waals surface area contributed by atoms with Gasteiger partial charge in [-0.1, -0.05) is 24.3 Å². The summed E-state index contributed by atoms with van der Waals surface area (Å²) in [6.07, 6.45) is 6.51. The fourth-order valence-electron chi connectivity index (χ4n) is 2.84. The van der Waals surface area contributed by atoms with Crippen LogP contribution in [0.25, 0.3) is 5.57 Å². The van der Waals surface area contributed by atoms with Gasteiger partial charge in [0, 0.05) is 11.3 Å². The molecule has 0 aromatic heterocycles. The first kappa shape index (κ1) is 18.6. The van der Waals surface area contributed by atoms with Crippen LogP contribution in [0.2, 0.25) is 0 Å². The van der Waals surface area contributed by atoms with Crippen LogP contribution in [-0.4, -0.2) is 23.8 Å². The van der Waals surface area contributed by atoms with Crippen LogP contribution < -0.4 is 5.73 Å².